The molecule has 0 amide bonds. The standard InChI is InChI=1S/C23H22FNO5/c1-4-29-20(26)13-18-21(14-6-8-15(24)9-7-14)17-12-16(28-3)10-11-19(17)25-22(18)23(27)30-5-2/h6-12H,4-5,13H2,1-3H3. The lowest BCUT2D eigenvalue weighted by molar-refractivity contribution is -0.142. The molecule has 0 bridgehead atoms. The van der Waals surface area contributed by atoms with Crippen LogP contribution in [0.1, 0.15) is 29.9 Å². The fourth-order valence-electron chi connectivity index (χ4n) is 3.25. The molecule has 3 rings (SSSR count). The molecule has 0 saturated heterocycles. The molecule has 0 unspecified atom stereocenters. The van der Waals surface area contributed by atoms with Gasteiger partial charge in [0.05, 0.1) is 32.3 Å². The second-order valence-corrected chi connectivity index (χ2v) is 6.41. The van der Waals surface area contributed by atoms with Crippen LogP contribution in [-0.2, 0) is 20.7 Å². The van der Waals surface area contributed by atoms with E-state index in [0.29, 0.717) is 33.3 Å². The minimum Gasteiger partial charge on any atom is -0.497 e. The molecule has 0 radical (unpaired) electrons. The van der Waals surface area contributed by atoms with E-state index in [4.69, 9.17) is 14.2 Å². The zero-order chi connectivity index (χ0) is 21.7. The van der Waals surface area contributed by atoms with Gasteiger partial charge in [-0.15, -0.1) is 0 Å². The van der Waals surface area contributed by atoms with Crippen LogP contribution in [0.4, 0.5) is 4.39 Å². The summed E-state index contributed by atoms with van der Waals surface area (Å²) in [5.74, 6) is -0.959. The Balaban J connectivity index is 2.37. The van der Waals surface area contributed by atoms with E-state index in [0.717, 1.165) is 0 Å². The molecule has 1 aromatic heterocycles. The van der Waals surface area contributed by atoms with Crippen LogP contribution in [0.2, 0.25) is 0 Å². The number of halogens is 1. The molecule has 0 fully saturated rings. The van der Waals surface area contributed by atoms with Crippen LogP contribution in [0, 0.1) is 5.82 Å². The van der Waals surface area contributed by atoms with Gasteiger partial charge in [-0.2, -0.15) is 0 Å². The molecule has 30 heavy (non-hydrogen) atoms. The van der Waals surface area contributed by atoms with Crippen LogP contribution in [0.15, 0.2) is 42.5 Å². The Labute approximate surface area is 173 Å². The lowest BCUT2D eigenvalue weighted by Gasteiger charge is -2.17. The predicted octanol–water partition coefficient (Wildman–Crippen LogP) is 4.33. The number of esters is 2. The van der Waals surface area contributed by atoms with Crippen LogP contribution >= 0.6 is 0 Å². The number of benzene rings is 2. The average molecular weight is 411 g/mol. The van der Waals surface area contributed by atoms with E-state index < -0.39 is 17.8 Å². The highest BCUT2D eigenvalue weighted by molar-refractivity contribution is 6.04. The zero-order valence-electron chi connectivity index (χ0n) is 17.0. The lowest BCUT2D eigenvalue weighted by atomic mass is 9.92. The number of ether oxygens (including phenoxy) is 3. The first-order valence-corrected chi connectivity index (χ1v) is 9.57. The van der Waals surface area contributed by atoms with Crippen molar-refractivity contribution in [2.45, 2.75) is 20.3 Å². The van der Waals surface area contributed by atoms with E-state index >= 15 is 0 Å². The SMILES string of the molecule is CCOC(=O)Cc1c(C(=O)OCC)nc2ccc(OC)cc2c1-c1ccc(F)cc1. The third kappa shape index (κ3) is 4.40. The molecule has 6 nitrogen and oxygen atoms in total. The van der Waals surface area contributed by atoms with Crippen molar-refractivity contribution in [3.8, 4) is 16.9 Å². The monoisotopic (exact) mass is 411 g/mol. The number of carbonyl (C=O) groups is 2. The Bertz CT molecular complexity index is 1080. The van der Waals surface area contributed by atoms with Gasteiger partial charge in [0.25, 0.3) is 0 Å². The normalized spacial score (nSPS) is 10.7. The van der Waals surface area contributed by atoms with Gasteiger partial charge in [0, 0.05) is 10.9 Å². The van der Waals surface area contributed by atoms with Crippen LogP contribution in [0.5, 0.6) is 5.75 Å². The van der Waals surface area contributed by atoms with Gasteiger partial charge in [-0.3, -0.25) is 4.79 Å². The number of fused-ring (bicyclic) bond motifs is 1. The first kappa shape index (κ1) is 21.2. The molecule has 156 valence electrons. The molecule has 1 heterocycles. The van der Waals surface area contributed by atoms with E-state index in [-0.39, 0.29) is 25.3 Å². The zero-order valence-corrected chi connectivity index (χ0v) is 17.0. The van der Waals surface area contributed by atoms with Crippen molar-refractivity contribution in [3.05, 3.63) is 59.5 Å². The number of hydrogen-bond donors (Lipinski definition) is 0. The number of methoxy groups -OCH3 is 1. The Morgan fingerprint density at radius 2 is 1.70 bits per heavy atom. The first-order chi connectivity index (χ1) is 14.5. The Hall–Kier alpha value is -3.48. The van der Waals surface area contributed by atoms with Crippen molar-refractivity contribution in [1.82, 2.24) is 4.98 Å². The Morgan fingerprint density at radius 3 is 2.33 bits per heavy atom. The van der Waals surface area contributed by atoms with Crippen LogP contribution < -0.4 is 4.74 Å². The van der Waals surface area contributed by atoms with E-state index in [1.165, 1.54) is 12.1 Å². The first-order valence-electron chi connectivity index (χ1n) is 9.57. The van der Waals surface area contributed by atoms with Gasteiger partial charge in [-0.1, -0.05) is 12.1 Å². The summed E-state index contributed by atoms with van der Waals surface area (Å²) in [5.41, 5.74) is 2.11. The summed E-state index contributed by atoms with van der Waals surface area (Å²) in [6, 6.07) is 11.0. The molecule has 0 saturated carbocycles. The number of pyridine rings is 1. The smallest absolute Gasteiger partial charge is 0.357 e. The van der Waals surface area contributed by atoms with E-state index in [1.807, 2.05) is 0 Å². The number of hydrogen-bond acceptors (Lipinski definition) is 6. The van der Waals surface area contributed by atoms with Crippen molar-refractivity contribution < 1.29 is 28.2 Å². The quantitative estimate of drug-likeness (QED) is 0.539. The highest BCUT2D eigenvalue weighted by atomic mass is 19.1. The Morgan fingerprint density at radius 1 is 1.00 bits per heavy atom. The van der Waals surface area contributed by atoms with Crippen molar-refractivity contribution in [2.75, 3.05) is 20.3 Å². The lowest BCUT2D eigenvalue weighted by Crippen LogP contribution is -2.17. The molecule has 0 N–H and O–H groups in total. The molecule has 2 aromatic carbocycles. The summed E-state index contributed by atoms with van der Waals surface area (Å²) in [4.78, 5) is 29.5. The van der Waals surface area contributed by atoms with Gasteiger partial charge in [0.1, 0.15) is 11.6 Å². The minimum absolute atomic E-state index is 0.0295. The second kappa shape index (κ2) is 9.35. The van der Waals surface area contributed by atoms with Gasteiger partial charge >= 0.3 is 11.9 Å². The molecular formula is C23H22FNO5. The summed E-state index contributed by atoms with van der Waals surface area (Å²) in [6.45, 7) is 3.75. The number of nitrogens with zero attached hydrogens (tertiary/aromatic N) is 1. The van der Waals surface area contributed by atoms with Crippen molar-refractivity contribution in [3.63, 3.8) is 0 Å². The molecule has 3 aromatic rings. The van der Waals surface area contributed by atoms with Crippen LogP contribution in [0.25, 0.3) is 22.0 Å². The van der Waals surface area contributed by atoms with E-state index in [1.54, 1.807) is 51.3 Å². The summed E-state index contributed by atoms with van der Waals surface area (Å²) < 4.78 is 29.2. The average Bonchev–Trinajstić information content (AvgIpc) is 2.74. The van der Waals surface area contributed by atoms with Gasteiger partial charge in [0.15, 0.2) is 5.69 Å². The third-order valence-corrected chi connectivity index (χ3v) is 4.52. The molecule has 0 aliphatic carbocycles. The van der Waals surface area contributed by atoms with Gasteiger partial charge in [-0.05, 0) is 55.3 Å². The second-order valence-electron chi connectivity index (χ2n) is 6.41. The van der Waals surface area contributed by atoms with Gasteiger partial charge in [0.2, 0.25) is 0 Å². The fraction of sp³-hybridized carbons (Fsp3) is 0.261. The predicted molar refractivity (Wildman–Crippen MR) is 110 cm³/mol. The summed E-state index contributed by atoms with van der Waals surface area (Å²) >= 11 is 0. The Kier molecular flexibility index (Phi) is 6.61. The van der Waals surface area contributed by atoms with Crippen molar-refractivity contribution in [1.29, 1.82) is 0 Å². The third-order valence-electron chi connectivity index (χ3n) is 4.52. The van der Waals surface area contributed by atoms with Crippen molar-refractivity contribution >= 4 is 22.8 Å². The molecule has 0 spiro atoms. The van der Waals surface area contributed by atoms with Gasteiger partial charge in [-0.25, -0.2) is 14.2 Å². The largest absolute Gasteiger partial charge is 0.497 e. The van der Waals surface area contributed by atoms with Crippen molar-refractivity contribution in [2.24, 2.45) is 0 Å². The topological polar surface area (TPSA) is 74.7 Å². The van der Waals surface area contributed by atoms with Crippen LogP contribution in [-0.4, -0.2) is 37.2 Å². The number of aromatic nitrogens is 1. The maximum absolute atomic E-state index is 13.6. The van der Waals surface area contributed by atoms with Crippen LogP contribution in [0.3, 0.4) is 0 Å². The van der Waals surface area contributed by atoms with E-state index in [9.17, 15) is 14.0 Å². The number of carbonyl (C=O) groups excluding carboxylic acids is 2. The molecule has 7 heteroatoms. The maximum Gasteiger partial charge on any atom is 0.357 e. The molecule has 0 atom stereocenters. The maximum atomic E-state index is 13.6. The molecular weight excluding hydrogens is 389 g/mol. The molecule has 0 aliphatic rings. The highest BCUT2D eigenvalue weighted by Crippen LogP contribution is 2.36. The fourth-order valence-corrected chi connectivity index (χ4v) is 3.25. The highest BCUT2D eigenvalue weighted by Gasteiger charge is 2.25. The summed E-state index contributed by atoms with van der Waals surface area (Å²) in [5, 5.41) is 0.660. The molecule has 0 aliphatic heterocycles. The minimum atomic E-state index is -0.641. The summed E-state index contributed by atoms with van der Waals surface area (Å²) in [7, 11) is 1.54. The van der Waals surface area contributed by atoms with E-state index in [2.05, 4.69) is 4.98 Å². The summed E-state index contributed by atoms with van der Waals surface area (Å²) in [6.07, 6.45) is -0.186. The van der Waals surface area contributed by atoms with Gasteiger partial charge < -0.3 is 14.2 Å². The number of rotatable bonds is 7.